The third-order valence-corrected chi connectivity index (χ3v) is 6.64. The molecule has 2 aromatic carbocycles. The third kappa shape index (κ3) is 4.75. The molecule has 2 amide bonds. The van der Waals surface area contributed by atoms with Crippen LogP contribution in [0, 0.1) is 0 Å². The highest BCUT2D eigenvalue weighted by Gasteiger charge is 2.32. The smallest absolute Gasteiger partial charge is 0.408 e. The maximum absolute atomic E-state index is 13.0. The lowest BCUT2D eigenvalue weighted by atomic mass is 9.98. The summed E-state index contributed by atoms with van der Waals surface area (Å²) >= 11 is 1.31. The van der Waals surface area contributed by atoms with Crippen molar-refractivity contribution in [1.82, 2.24) is 10.2 Å². The van der Waals surface area contributed by atoms with E-state index in [1.807, 2.05) is 36.4 Å². The second kappa shape index (κ2) is 9.87. The number of thiophene rings is 1. The Bertz CT molecular complexity index is 1120. The number of rotatable bonds is 8. The van der Waals surface area contributed by atoms with Crippen molar-refractivity contribution >= 4 is 29.3 Å². The summed E-state index contributed by atoms with van der Waals surface area (Å²) in [6.07, 6.45) is -0.727. The van der Waals surface area contributed by atoms with Crippen molar-refractivity contribution in [3.63, 3.8) is 0 Å². The van der Waals surface area contributed by atoms with Crippen LogP contribution in [0.1, 0.15) is 34.9 Å². The number of hydrogen-bond donors (Lipinski definition) is 2. The minimum Gasteiger partial charge on any atom is -0.480 e. The van der Waals surface area contributed by atoms with E-state index in [2.05, 4.69) is 17.4 Å². The van der Waals surface area contributed by atoms with Gasteiger partial charge in [-0.25, -0.2) is 4.79 Å². The van der Waals surface area contributed by atoms with Gasteiger partial charge in [-0.2, -0.15) is 0 Å². The molecule has 33 heavy (non-hydrogen) atoms. The number of carboxylic acid groups (broad SMARTS) is 1. The largest absolute Gasteiger partial charge is 0.480 e. The van der Waals surface area contributed by atoms with E-state index in [-0.39, 0.29) is 19.1 Å². The molecule has 2 N–H and O–H groups in total. The van der Waals surface area contributed by atoms with Gasteiger partial charge in [0.15, 0.2) is 0 Å². The Morgan fingerprint density at radius 1 is 1.03 bits per heavy atom. The van der Waals surface area contributed by atoms with Crippen LogP contribution >= 0.6 is 11.3 Å². The summed E-state index contributed by atoms with van der Waals surface area (Å²) in [7, 11) is 0. The van der Waals surface area contributed by atoms with E-state index in [0.29, 0.717) is 4.88 Å². The highest BCUT2D eigenvalue weighted by molar-refractivity contribution is 7.10. The molecule has 0 bridgehead atoms. The van der Waals surface area contributed by atoms with Crippen LogP contribution in [-0.4, -0.2) is 47.7 Å². The van der Waals surface area contributed by atoms with E-state index in [0.717, 1.165) is 22.3 Å². The molecule has 1 aliphatic carbocycles. The van der Waals surface area contributed by atoms with Gasteiger partial charge in [0.1, 0.15) is 19.2 Å². The predicted molar refractivity (Wildman–Crippen MR) is 125 cm³/mol. The Morgan fingerprint density at radius 2 is 1.67 bits per heavy atom. The van der Waals surface area contributed by atoms with Gasteiger partial charge in [-0.05, 0) is 40.6 Å². The van der Waals surface area contributed by atoms with Gasteiger partial charge >= 0.3 is 12.1 Å². The molecule has 0 saturated heterocycles. The molecule has 1 unspecified atom stereocenters. The van der Waals surface area contributed by atoms with E-state index in [1.54, 1.807) is 24.4 Å². The molecular formula is C25H24N2O5S. The fourth-order valence-corrected chi connectivity index (χ4v) is 4.93. The van der Waals surface area contributed by atoms with Gasteiger partial charge < -0.3 is 20.1 Å². The van der Waals surface area contributed by atoms with Crippen LogP contribution in [-0.2, 0) is 14.3 Å². The van der Waals surface area contributed by atoms with E-state index in [9.17, 15) is 14.4 Å². The van der Waals surface area contributed by atoms with E-state index in [1.165, 1.54) is 16.2 Å². The Balaban J connectivity index is 1.49. The quantitative estimate of drug-likeness (QED) is 0.519. The second-order valence-electron chi connectivity index (χ2n) is 7.66. The first-order chi connectivity index (χ1) is 16.0. The topological polar surface area (TPSA) is 95.9 Å². The van der Waals surface area contributed by atoms with Crippen molar-refractivity contribution in [3.05, 3.63) is 82.0 Å². The molecular weight excluding hydrogens is 440 g/mol. The third-order valence-electron chi connectivity index (χ3n) is 5.70. The number of hydrogen-bond acceptors (Lipinski definition) is 5. The van der Waals surface area contributed by atoms with Crippen molar-refractivity contribution in [3.8, 4) is 11.1 Å². The lowest BCUT2D eigenvalue weighted by Crippen LogP contribution is -2.44. The van der Waals surface area contributed by atoms with E-state index >= 15 is 0 Å². The molecule has 170 valence electrons. The number of carboxylic acids is 1. The first-order valence-corrected chi connectivity index (χ1v) is 11.5. The highest BCUT2D eigenvalue weighted by Crippen LogP contribution is 2.44. The van der Waals surface area contributed by atoms with Gasteiger partial charge in [0, 0.05) is 17.3 Å². The molecule has 4 rings (SSSR count). The van der Waals surface area contributed by atoms with Gasteiger partial charge in [-0.3, -0.25) is 9.59 Å². The zero-order chi connectivity index (χ0) is 23.4. The maximum atomic E-state index is 13.0. The molecule has 7 nitrogen and oxygen atoms in total. The number of aliphatic carboxylic acids is 1. The summed E-state index contributed by atoms with van der Waals surface area (Å²) < 4.78 is 5.58. The van der Waals surface area contributed by atoms with Gasteiger partial charge in [-0.1, -0.05) is 54.6 Å². The maximum Gasteiger partial charge on any atom is 0.408 e. The average molecular weight is 465 g/mol. The fourth-order valence-electron chi connectivity index (χ4n) is 4.16. The number of fused-ring (bicyclic) bond motifs is 3. The van der Waals surface area contributed by atoms with Crippen molar-refractivity contribution in [2.75, 3.05) is 19.7 Å². The minimum atomic E-state index is -1.11. The van der Waals surface area contributed by atoms with Gasteiger partial charge in [0.05, 0.1) is 0 Å². The Morgan fingerprint density at radius 3 is 2.21 bits per heavy atom. The SMILES string of the molecule is CCN(CC(=O)O)C(=O)C(NC(=O)OCC1c2ccccc2-c2ccccc21)c1cccs1. The molecule has 1 aromatic heterocycles. The molecule has 0 aliphatic heterocycles. The fraction of sp³-hybridized carbons (Fsp3) is 0.240. The Hall–Kier alpha value is -3.65. The van der Waals surface area contributed by atoms with Crippen LogP contribution < -0.4 is 5.32 Å². The van der Waals surface area contributed by atoms with Gasteiger partial charge in [-0.15, -0.1) is 11.3 Å². The summed E-state index contributed by atoms with van der Waals surface area (Å²) in [4.78, 5) is 38.7. The molecule has 0 saturated carbocycles. The minimum absolute atomic E-state index is 0.0989. The van der Waals surface area contributed by atoms with Gasteiger partial charge in [0.25, 0.3) is 5.91 Å². The standard InChI is InChI=1S/C25H24N2O5S/c1-2-27(14-22(28)29)24(30)23(21-12-7-13-33-21)26-25(31)32-15-20-18-10-5-3-8-16(18)17-9-4-6-11-19(17)20/h3-13,20,23H,2,14-15H2,1H3,(H,26,31)(H,28,29). The number of amides is 2. The number of carbonyl (C=O) groups excluding carboxylic acids is 2. The van der Waals surface area contributed by atoms with E-state index in [4.69, 9.17) is 9.84 Å². The average Bonchev–Trinajstić information content (AvgIpc) is 3.46. The number of nitrogens with zero attached hydrogens (tertiary/aromatic N) is 1. The molecule has 1 atom stereocenters. The lowest BCUT2D eigenvalue weighted by Gasteiger charge is -2.25. The number of carbonyl (C=O) groups is 3. The number of alkyl carbamates (subject to hydrolysis) is 1. The molecule has 0 radical (unpaired) electrons. The first-order valence-electron chi connectivity index (χ1n) is 10.6. The molecule has 8 heteroatoms. The summed E-state index contributed by atoms with van der Waals surface area (Å²) in [5, 5.41) is 13.6. The van der Waals surface area contributed by atoms with Crippen LogP contribution in [0.25, 0.3) is 11.1 Å². The molecule has 0 spiro atoms. The predicted octanol–water partition coefficient (Wildman–Crippen LogP) is 4.26. The molecule has 1 aliphatic rings. The van der Waals surface area contributed by atoms with Crippen LogP contribution in [0.3, 0.4) is 0 Å². The number of nitrogens with one attached hydrogen (secondary N) is 1. The van der Waals surface area contributed by atoms with Crippen molar-refractivity contribution in [2.45, 2.75) is 18.9 Å². The summed E-state index contributed by atoms with van der Waals surface area (Å²) in [6, 6.07) is 18.6. The molecule has 1 heterocycles. The van der Waals surface area contributed by atoms with Gasteiger partial charge in [0.2, 0.25) is 0 Å². The zero-order valence-electron chi connectivity index (χ0n) is 18.1. The molecule has 0 fully saturated rings. The summed E-state index contributed by atoms with van der Waals surface area (Å²) in [6.45, 7) is 1.58. The number of likely N-dealkylation sites (N-methyl/N-ethyl adjacent to an activating group) is 1. The first kappa shape index (κ1) is 22.5. The number of ether oxygens (including phenoxy) is 1. The van der Waals surface area contributed by atoms with Crippen molar-refractivity contribution in [2.24, 2.45) is 0 Å². The van der Waals surface area contributed by atoms with E-state index < -0.39 is 30.6 Å². The van der Waals surface area contributed by atoms with Crippen LogP contribution in [0.4, 0.5) is 4.79 Å². The van der Waals surface area contributed by atoms with Crippen molar-refractivity contribution in [1.29, 1.82) is 0 Å². The zero-order valence-corrected chi connectivity index (χ0v) is 18.9. The monoisotopic (exact) mass is 464 g/mol. The Kier molecular flexibility index (Phi) is 6.74. The summed E-state index contributed by atoms with van der Waals surface area (Å²) in [5.74, 6) is -1.70. The number of benzene rings is 2. The van der Waals surface area contributed by atoms with Crippen LogP contribution in [0.15, 0.2) is 66.0 Å². The molecule has 3 aromatic rings. The normalized spacial score (nSPS) is 13.0. The summed E-state index contributed by atoms with van der Waals surface area (Å²) in [5.41, 5.74) is 4.44. The van der Waals surface area contributed by atoms with Crippen molar-refractivity contribution < 1.29 is 24.2 Å². The lowest BCUT2D eigenvalue weighted by molar-refractivity contribution is -0.145. The van der Waals surface area contributed by atoms with Crippen LogP contribution in [0.5, 0.6) is 0 Å². The second-order valence-corrected chi connectivity index (χ2v) is 8.64. The Labute approximate surface area is 195 Å². The highest BCUT2D eigenvalue weighted by atomic mass is 32.1. The van der Waals surface area contributed by atoms with Crippen LogP contribution in [0.2, 0.25) is 0 Å².